The van der Waals surface area contributed by atoms with Crippen LogP contribution in [0, 0.1) is 13.8 Å². The van der Waals surface area contributed by atoms with Crippen LogP contribution in [0.3, 0.4) is 0 Å². The van der Waals surface area contributed by atoms with Gasteiger partial charge in [-0.1, -0.05) is 12.1 Å². The summed E-state index contributed by atoms with van der Waals surface area (Å²) in [5.41, 5.74) is 3.88. The summed E-state index contributed by atoms with van der Waals surface area (Å²) in [4.78, 5) is 18.3. The predicted molar refractivity (Wildman–Crippen MR) is 124 cm³/mol. The average molecular weight is 453 g/mol. The summed E-state index contributed by atoms with van der Waals surface area (Å²) in [6.45, 7) is 8.15. The molecule has 0 aliphatic carbocycles. The normalized spacial score (nSPS) is 20.9. The number of hydrogen-bond donors (Lipinski definition) is 1. The zero-order chi connectivity index (χ0) is 22.8. The number of aromatic amines is 1. The summed E-state index contributed by atoms with van der Waals surface area (Å²) in [6.07, 6.45) is 4.54. The second-order valence-electron chi connectivity index (χ2n) is 9.31. The molecule has 0 spiro atoms. The molecular weight excluding hydrogens is 420 g/mol. The maximum Gasteiger partial charge on any atom is 0.252 e. The van der Waals surface area contributed by atoms with Crippen LogP contribution in [0.4, 0.5) is 0 Å². The van der Waals surface area contributed by atoms with Crippen molar-refractivity contribution in [3.8, 4) is 0 Å². The van der Waals surface area contributed by atoms with Crippen LogP contribution in [0.15, 0.2) is 23.0 Å². The minimum absolute atomic E-state index is 0.0486. The highest BCUT2D eigenvalue weighted by atomic mass is 16.5. The van der Waals surface area contributed by atoms with Crippen molar-refractivity contribution in [3.63, 3.8) is 0 Å². The lowest BCUT2D eigenvalue weighted by atomic mass is 10.0. The Kier molecular flexibility index (Phi) is 6.52. The Morgan fingerprint density at radius 1 is 1.12 bits per heavy atom. The first kappa shape index (κ1) is 22.2. The van der Waals surface area contributed by atoms with Gasteiger partial charge in [0.1, 0.15) is 0 Å². The first-order valence-electron chi connectivity index (χ1n) is 11.9. The second-order valence-corrected chi connectivity index (χ2v) is 9.31. The smallest absolute Gasteiger partial charge is 0.252 e. The summed E-state index contributed by atoms with van der Waals surface area (Å²) in [5, 5.41) is 13.4. The van der Waals surface area contributed by atoms with Crippen molar-refractivity contribution in [2.75, 3.05) is 19.8 Å². The van der Waals surface area contributed by atoms with Crippen LogP contribution < -0.4 is 5.56 Å². The molecule has 2 saturated heterocycles. The fourth-order valence-corrected chi connectivity index (χ4v) is 4.85. The minimum Gasteiger partial charge on any atom is -0.377 e. The second kappa shape index (κ2) is 9.70. The Morgan fingerprint density at radius 3 is 2.67 bits per heavy atom. The number of aromatic nitrogens is 5. The first-order chi connectivity index (χ1) is 16.1. The van der Waals surface area contributed by atoms with E-state index in [9.17, 15) is 4.79 Å². The molecular formula is C24H32N6O3. The van der Waals surface area contributed by atoms with Crippen molar-refractivity contribution in [1.82, 2.24) is 30.1 Å². The number of ether oxygens (including phenoxy) is 2. The lowest BCUT2D eigenvalue weighted by Gasteiger charge is -2.25. The molecule has 2 atom stereocenters. The Labute approximate surface area is 193 Å². The number of nitrogens with zero attached hydrogens (tertiary/aromatic N) is 5. The first-order valence-corrected chi connectivity index (χ1v) is 11.9. The zero-order valence-electron chi connectivity index (χ0n) is 19.4. The molecule has 0 unspecified atom stereocenters. The summed E-state index contributed by atoms with van der Waals surface area (Å²) in [7, 11) is 0. The Hall–Kier alpha value is -2.62. The molecule has 176 valence electrons. The van der Waals surface area contributed by atoms with Gasteiger partial charge in [0.05, 0.1) is 30.8 Å². The number of nitrogens with one attached hydrogen (secondary N) is 1. The number of rotatable bonds is 8. The van der Waals surface area contributed by atoms with E-state index < -0.39 is 0 Å². The molecule has 0 bridgehead atoms. The van der Waals surface area contributed by atoms with E-state index in [1.54, 1.807) is 0 Å². The number of H-pyrrole nitrogens is 1. The van der Waals surface area contributed by atoms with Crippen LogP contribution in [0.1, 0.15) is 48.2 Å². The third kappa shape index (κ3) is 5.00. The number of benzene rings is 1. The number of fused-ring (bicyclic) bond motifs is 1. The number of hydrogen-bond acceptors (Lipinski definition) is 7. The van der Waals surface area contributed by atoms with Gasteiger partial charge in [-0.05, 0) is 72.5 Å². The molecule has 0 saturated carbocycles. The van der Waals surface area contributed by atoms with Crippen molar-refractivity contribution >= 4 is 10.9 Å². The molecule has 0 radical (unpaired) electrons. The predicted octanol–water partition coefficient (Wildman–Crippen LogP) is 2.49. The molecule has 3 aromatic rings. The quantitative estimate of drug-likeness (QED) is 0.561. The van der Waals surface area contributed by atoms with Gasteiger partial charge in [0.15, 0.2) is 5.82 Å². The van der Waals surface area contributed by atoms with Crippen molar-refractivity contribution in [2.45, 2.75) is 71.4 Å². The average Bonchev–Trinajstić information content (AvgIpc) is 3.57. The van der Waals surface area contributed by atoms with E-state index in [4.69, 9.17) is 9.47 Å². The topological polar surface area (TPSA) is 98.2 Å². The SMILES string of the molecule is Cc1ccc2cc(CN(Cc3nnnn3C[C@@H]3CCCO3)C[C@H]3CCCO3)c(=O)[nH]c2c1C. The Balaban J connectivity index is 1.39. The van der Waals surface area contributed by atoms with Gasteiger partial charge in [0, 0.05) is 31.9 Å². The van der Waals surface area contributed by atoms with Gasteiger partial charge >= 0.3 is 0 Å². The number of aryl methyl sites for hydroxylation is 2. The maximum atomic E-state index is 13.0. The molecule has 2 aliphatic rings. The van der Waals surface area contributed by atoms with Crippen molar-refractivity contribution < 1.29 is 9.47 Å². The summed E-state index contributed by atoms with van der Waals surface area (Å²) < 4.78 is 13.5. The molecule has 1 N–H and O–H groups in total. The van der Waals surface area contributed by atoms with Crippen molar-refractivity contribution in [1.29, 1.82) is 0 Å². The van der Waals surface area contributed by atoms with Gasteiger partial charge in [-0.3, -0.25) is 9.69 Å². The van der Waals surface area contributed by atoms with Gasteiger partial charge in [-0.25, -0.2) is 4.68 Å². The van der Waals surface area contributed by atoms with E-state index in [-0.39, 0.29) is 17.8 Å². The van der Waals surface area contributed by atoms with Crippen LogP contribution >= 0.6 is 0 Å². The number of pyridine rings is 1. The minimum atomic E-state index is -0.0486. The molecule has 5 rings (SSSR count). The molecule has 9 nitrogen and oxygen atoms in total. The summed E-state index contributed by atoms with van der Waals surface area (Å²) in [6, 6.07) is 6.19. The summed E-state index contributed by atoms with van der Waals surface area (Å²) in [5.74, 6) is 0.784. The molecule has 9 heteroatoms. The molecule has 1 aromatic carbocycles. The van der Waals surface area contributed by atoms with E-state index in [1.165, 1.54) is 5.56 Å². The number of tetrazole rings is 1. The third-order valence-corrected chi connectivity index (χ3v) is 6.88. The molecule has 33 heavy (non-hydrogen) atoms. The van der Waals surface area contributed by atoms with Gasteiger partial charge in [-0.2, -0.15) is 0 Å². The maximum absolute atomic E-state index is 13.0. The highest BCUT2D eigenvalue weighted by molar-refractivity contribution is 5.83. The van der Waals surface area contributed by atoms with E-state index in [1.807, 2.05) is 17.7 Å². The van der Waals surface area contributed by atoms with E-state index >= 15 is 0 Å². The van der Waals surface area contributed by atoms with Gasteiger partial charge < -0.3 is 14.5 Å². The highest BCUT2D eigenvalue weighted by Crippen LogP contribution is 2.21. The molecule has 2 aliphatic heterocycles. The lowest BCUT2D eigenvalue weighted by Crippen LogP contribution is -2.34. The lowest BCUT2D eigenvalue weighted by molar-refractivity contribution is 0.0647. The van der Waals surface area contributed by atoms with Crippen LogP contribution in [0.2, 0.25) is 0 Å². The van der Waals surface area contributed by atoms with Crippen LogP contribution in [-0.2, 0) is 29.1 Å². The van der Waals surface area contributed by atoms with E-state index in [0.717, 1.165) is 73.3 Å². The Bertz CT molecular complexity index is 1160. The van der Waals surface area contributed by atoms with Crippen LogP contribution in [0.25, 0.3) is 10.9 Å². The fourth-order valence-electron chi connectivity index (χ4n) is 4.85. The summed E-state index contributed by atoms with van der Waals surface area (Å²) >= 11 is 0. The zero-order valence-corrected chi connectivity index (χ0v) is 19.4. The fraction of sp³-hybridized carbons (Fsp3) is 0.583. The molecule has 0 amide bonds. The molecule has 2 aromatic heterocycles. The molecule has 4 heterocycles. The molecule has 2 fully saturated rings. The van der Waals surface area contributed by atoms with Gasteiger partial charge in [0.2, 0.25) is 0 Å². The van der Waals surface area contributed by atoms with E-state index in [0.29, 0.717) is 19.6 Å². The van der Waals surface area contributed by atoms with Gasteiger partial charge in [-0.15, -0.1) is 5.10 Å². The van der Waals surface area contributed by atoms with Crippen LogP contribution in [-0.4, -0.2) is 62.1 Å². The van der Waals surface area contributed by atoms with E-state index in [2.05, 4.69) is 44.5 Å². The van der Waals surface area contributed by atoms with Crippen molar-refractivity contribution in [2.24, 2.45) is 0 Å². The van der Waals surface area contributed by atoms with Crippen LogP contribution in [0.5, 0.6) is 0 Å². The monoisotopic (exact) mass is 452 g/mol. The largest absolute Gasteiger partial charge is 0.377 e. The standard InChI is InChI=1S/C24H32N6O3/c1-16-7-8-18-11-19(24(31)25-23(18)17(16)2)12-29(13-20-5-3-9-32-20)15-22-26-27-28-30(22)14-21-6-4-10-33-21/h7-8,11,20-21H,3-6,9-10,12-15H2,1-2H3,(H,25,31)/t20-,21+/m1/s1. The third-order valence-electron chi connectivity index (χ3n) is 6.88. The Morgan fingerprint density at radius 2 is 1.91 bits per heavy atom. The highest BCUT2D eigenvalue weighted by Gasteiger charge is 2.24. The van der Waals surface area contributed by atoms with Crippen molar-refractivity contribution in [3.05, 3.63) is 51.1 Å². The van der Waals surface area contributed by atoms with Gasteiger partial charge in [0.25, 0.3) is 5.56 Å².